The second-order valence-corrected chi connectivity index (χ2v) is 10.1. The van der Waals surface area contributed by atoms with Crippen molar-refractivity contribution in [2.45, 2.75) is 52.4 Å². The quantitative estimate of drug-likeness (QED) is 0.158. The molecule has 5 rings (SSSR count). The number of benzene rings is 2. The van der Waals surface area contributed by atoms with Gasteiger partial charge in [-0.25, -0.2) is 9.13 Å². The van der Waals surface area contributed by atoms with Crippen LogP contribution in [0.25, 0.3) is 11.0 Å². The van der Waals surface area contributed by atoms with Crippen molar-refractivity contribution in [3.05, 3.63) is 59.4 Å². The lowest BCUT2D eigenvalue weighted by atomic mass is 10.1. The Labute approximate surface area is 255 Å². The number of amides is 4. The largest absolute Gasteiger partial charge is 1.00 e. The van der Waals surface area contributed by atoms with E-state index in [1.54, 1.807) is 42.2 Å². The Balaban J connectivity index is 0.00000387. The van der Waals surface area contributed by atoms with E-state index >= 15 is 0 Å². The molecule has 1 saturated heterocycles. The van der Waals surface area contributed by atoms with E-state index in [-0.39, 0.29) is 80.0 Å². The number of ether oxygens (including phenoxy) is 1. The molecule has 0 saturated carbocycles. The Hall–Kier alpha value is -3.52. The van der Waals surface area contributed by atoms with Gasteiger partial charge < -0.3 is 44.0 Å². The molecule has 2 aromatic carbocycles. The summed E-state index contributed by atoms with van der Waals surface area (Å²) in [6.07, 6.45) is 1.41. The normalized spacial score (nSPS) is 15.2. The Bertz CT molecular complexity index is 1440. The summed E-state index contributed by atoms with van der Waals surface area (Å²) in [7, 11) is 0. The summed E-state index contributed by atoms with van der Waals surface area (Å²) >= 11 is 0. The average Bonchev–Trinajstić information content (AvgIpc) is 3.38. The maximum atomic E-state index is 13.0. The van der Waals surface area contributed by atoms with Gasteiger partial charge in [0.2, 0.25) is 5.91 Å². The lowest BCUT2D eigenvalue weighted by Crippen LogP contribution is -3.00. The number of aryl methyl sites for hydroxylation is 1. The molecular weight excluding hydrogens is 641 g/mol. The maximum absolute atomic E-state index is 13.0. The number of nitrogens with one attached hydrogen (secondary N) is 1. The van der Waals surface area contributed by atoms with E-state index in [1.165, 1.54) is 4.90 Å². The van der Waals surface area contributed by atoms with Crippen molar-refractivity contribution in [2.24, 2.45) is 0 Å². The third-order valence-corrected chi connectivity index (χ3v) is 7.64. The van der Waals surface area contributed by atoms with Crippen LogP contribution in [0.3, 0.4) is 0 Å². The van der Waals surface area contributed by atoms with Crippen molar-refractivity contribution in [3.63, 3.8) is 0 Å². The molecule has 218 valence electrons. The highest BCUT2D eigenvalue weighted by atomic mass is 127. The number of imidazole rings is 1. The summed E-state index contributed by atoms with van der Waals surface area (Å²) in [5.41, 5.74) is 2.39. The third kappa shape index (κ3) is 6.08. The van der Waals surface area contributed by atoms with Crippen LogP contribution in [0.5, 0.6) is 5.75 Å². The molecule has 0 spiro atoms. The standard InChI is InChI=1S/C29H33N5O6.HI/c1-3-32-24-9-8-21(40-18-26(37)30-20-10-12-31(13-11-20)19(2)36)16-25(24)33(14-15-35)27(32)17-34-28(38)22-6-4-5-7-23(22)29(34)39;/h4-9,16,20,35H,3,10-15,17-18H2,1-2H3;1H. The molecule has 3 heterocycles. The second-order valence-electron chi connectivity index (χ2n) is 10.1. The van der Waals surface area contributed by atoms with Gasteiger partial charge in [0.15, 0.2) is 17.6 Å². The van der Waals surface area contributed by atoms with Gasteiger partial charge in [0.05, 0.1) is 24.3 Å². The number of fused-ring (bicyclic) bond motifs is 2. The minimum atomic E-state index is -0.342. The SMILES string of the molecule is CC[n+]1c(CN2C(=O)c3ccccc3C2=O)n(CCO)c2cc(OCC(=O)NC3CCN(C(C)=O)CC3)ccc21.[I-]. The predicted molar refractivity (Wildman–Crippen MR) is 144 cm³/mol. The summed E-state index contributed by atoms with van der Waals surface area (Å²) < 4.78 is 9.72. The molecule has 11 nitrogen and oxygen atoms in total. The van der Waals surface area contributed by atoms with Crippen LogP contribution in [0.2, 0.25) is 0 Å². The molecule has 4 amide bonds. The molecule has 12 heteroatoms. The van der Waals surface area contributed by atoms with Crippen molar-refractivity contribution in [1.82, 2.24) is 19.7 Å². The molecular formula is C29H34IN5O6. The van der Waals surface area contributed by atoms with Crippen LogP contribution in [-0.4, -0.2) is 75.4 Å². The monoisotopic (exact) mass is 675 g/mol. The fraction of sp³-hybridized carbons (Fsp3) is 0.414. The number of carbonyl (C=O) groups excluding carboxylic acids is 4. The topological polar surface area (TPSA) is 125 Å². The van der Waals surface area contributed by atoms with Crippen LogP contribution in [0.15, 0.2) is 42.5 Å². The van der Waals surface area contributed by atoms with E-state index in [1.807, 2.05) is 28.2 Å². The highest BCUT2D eigenvalue weighted by molar-refractivity contribution is 6.21. The number of nitrogens with zero attached hydrogens (tertiary/aromatic N) is 4. The number of imide groups is 1. The average molecular weight is 676 g/mol. The first-order valence-corrected chi connectivity index (χ1v) is 13.6. The zero-order chi connectivity index (χ0) is 28.4. The lowest BCUT2D eigenvalue weighted by molar-refractivity contribution is -0.677. The van der Waals surface area contributed by atoms with Crippen LogP contribution >= 0.6 is 0 Å². The summed E-state index contributed by atoms with van der Waals surface area (Å²) in [6.45, 7) is 5.37. The number of hydrogen-bond donors (Lipinski definition) is 2. The molecule has 0 bridgehead atoms. The van der Waals surface area contributed by atoms with Crippen LogP contribution < -0.4 is 38.6 Å². The number of aromatic nitrogens is 2. The van der Waals surface area contributed by atoms with Gasteiger partial charge in [0, 0.05) is 32.1 Å². The summed E-state index contributed by atoms with van der Waals surface area (Å²) in [4.78, 5) is 53.2. The molecule has 0 unspecified atom stereocenters. The van der Waals surface area contributed by atoms with Gasteiger partial charge in [-0.2, -0.15) is 0 Å². The minimum Gasteiger partial charge on any atom is -1.00 e. The van der Waals surface area contributed by atoms with Gasteiger partial charge in [-0.3, -0.25) is 24.1 Å². The Kier molecular flexibility index (Phi) is 9.64. The van der Waals surface area contributed by atoms with E-state index in [2.05, 4.69) is 5.32 Å². The van der Waals surface area contributed by atoms with Gasteiger partial charge in [0.25, 0.3) is 23.5 Å². The number of aliphatic hydroxyl groups is 1. The second kappa shape index (κ2) is 13.0. The Morgan fingerprint density at radius 3 is 2.32 bits per heavy atom. The van der Waals surface area contributed by atoms with Gasteiger partial charge in [-0.15, -0.1) is 0 Å². The zero-order valence-corrected chi connectivity index (χ0v) is 25.3. The van der Waals surface area contributed by atoms with Gasteiger partial charge in [0.1, 0.15) is 18.8 Å². The van der Waals surface area contributed by atoms with Crippen LogP contribution in [0.1, 0.15) is 53.2 Å². The fourth-order valence-corrected chi connectivity index (χ4v) is 5.62. The van der Waals surface area contributed by atoms with Crippen molar-refractivity contribution < 1.29 is 57.6 Å². The lowest BCUT2D eigenvalue weighted by Gasteiger charge is -2.31. The predicted octanol–water partition coefficient (Wildman–Crippen LogP) is -1.75. The molecule has 2 aliphatic heterocycles. The molecule has 3 aromatic rings. The van der Waals surface area contributed by atoms with Crippen LogP contribution in [0.4, 0.5) is 0 Å². The number of hydrogen-bond acceptors (Lipinski definition) is 6. The minimum absolute atomic E-state index is 0. The Morgan fingerprint density at radius 1 is 1.07 bits per heavy atom. The van der Waals surface area contributed by atoms with Gasteiger partial charge in [-0.05, 0) is 44.0 Å². The number of rotatable bonds is 9. The van der Waals surface area contributed by atoms with Crippen molar-refractivity contribution in [3.8, 4) is 5.75 Å². The molecule has 2 N–H and O–H groups in total. The zero-order valence-electron chi connectivity index (χ0n) is 23.1. The van der Waals surface area contributed by atoms with Crippen molar-refractivity contribution >= 4 is 34.7 Å². The number of carbonyl (C=O) groups is 4. The summed E-state index contributed by atoms with van der Waals surface area (Å²) in [6, 6.07) is 12.3. The number of piperidine rings is 1. The highest BCUT2D eigenvalue weighted by Gasteiger charge is 2.38. The fourth-order valence-electron chi connectivity index (χ4n) is 5.62. The third-order valence-electron chi connectivity index (χ3n) is 7.64. The summed E-state index contributed by atoms with van der Waals surface area (Å²) in [5, 5.41) is 12.8. The first kappa shape index (κ1) is 30.4. The van der Waals surface area contributed by atoms with E-state index in [9.17, 15) is 24.3 Å². The van der Waals surface area contributed by atoms with E-state index < -0.39 is 0 Å². The van der Waals surface area contributed by atoms with Crippen LogP contribution in [-0.2, 0) is 29.2 Å². The van der Waals surface area contributed by atoms with E-state index in [4.69, 9.17) is 4.74 Å². The van der Waals surface area contributed by atoms with Crippen LogP contribution in [0, 0.1) is 0 Å². The van der Waals surface area contributed by atoms with Crippen molar-refractivity contribution in [1.29, 1.82) is 0 Å². The smallest absolute Gasteiger partial charge is 0.278 e. The molecule has 1 fully saturated rings. The Morgan fingerprint density at radius 2 is 1.73 bits per heavy atom. The molecule has 41 heavy (non-hydrogen) atoms. The first-order chi connectivity index (χ1) is 19.3. The number of halogens is 1. The van der Waals surface area contributed by atoms with E-state index in [0.717, 1.165) is 11.0 Å². The first-order valence-electron chi connectivity index (χ1n) is 13.6. The summed E-state index contributed by atoms with van der Waals surface area (Å²) in [5.74, 6) is 0.319. The molecule has 0 radical (unpaired) electrons. The van der Waals surface area contributed by atoms with E-state index in [0.29, 0.717) is 55.2 Å². The molecule has 2 aliphatic rings. The number of likely N-dealkylation sites (tertiary alicyclic amines) is 1. The van der Waals surface area contributed by atoms with Gasteiger partial charge in [-0.1, -0.05) is 12.1 Å². The highest BCUT2D eigenvalue weighted by Crippen LogP contribution is 2.26. The maximum Gasteiger partial charge on any atom is 0.278 e. The molecule has 1 aromatic heterocycles. The van der Waals surface area contributed by atoms with Crippen molar-refractivity contribution in [2.75, 3.05) is 26.3 Å². The molecule has 0 aliphatic carbocycles. The van der Waals surface area contributed by atoms with Gasteiger partial charge >= 0.3 is 0 Å². The molecule has 0 atom stereocenters. The number of aliphatic hydroxyl groups excluding tert-OH is 1.